The fraction of sp³-hybridized carbons (Fsp3) is 0.500. The highest BCUT2D eigenvalue weighted by molar-refractivity contribution is 5.90. The minimum absolute atomic E-state index is 0.0597. The van der Waals surface area contributed by atoms with Gasteiger partial charge in [-0.3, -0.25) is 4.79 Å². The van der Waals surface area contributed by atoms with E-state index in [1.165, 1.54) is 0 Å². The molecule has 5 nitrogen and oxygen atoms in total. The zero-order valence-corrected chi connectivity index (χ0v) is 12.8. The second kappa shape index (κ2) is 8.29. The number of para-hydroxylation sites is 1. The highest BCUT2D eigenvalue weighted by Crippen LogP contribution is 2.23. The zero-order valence-electron chi connectivity index (χ0n) is 12.8. The summed E-state index contributed by atoms with van der Waals surface area (Å²) in [6, 6.07) is 7.40. The van der Waals surface area contributed by atoms with Crippen molar-refractivity contribution in [3.05, 3.63) is 29.8 Å². The Morgan fingerprint density at radius 3 is 2.48 bits per heavy atom. The number of hydrogen-bond donors (Lipinski definition) is 3. The maximum absolute atomic E-state index is 12.0. The molecule has 5 heteroatoms. The smallest absolute Gasteiger partial charge is 0.319 e. The van der Waals surface area contributed by atoms with Crippen LogP contribution in [-0.2, 0) is 4.79 Å². The number of carbonyl (C=O) groups excluding carboxylic acids is 1. The number of hydrogen-bond acceptors (Lipinski definition) is 2. The molecule has 0 saturated heterocycles. The lowest BCUT2D eigenvalue weighted by molar-refractivity contribution is -0.137. The van der Waals surface area contributed by atoms with Crippen LogP contribution in [0.1, 0.15) is 51.5 Å². The van der Waals surface area contributed by atoms with E-state index in [0.29, 0.717) is 18.8 Å². The standard InChI is InChI=1S/C16H24N2O3/c1-11(2)13-8-4-5-9-14(13)18-16(21)17-12(3)7-6-10-15(19)20/h4-5,8-9,11-12H,6-7,10H2,1-3H3,(H,19,20)(H2,17,18,21). The van der Waals surface area contributed by atoms with Gasteiger partial charge in [-0.2, -0.15) is 0 Å². The van der Waals surface area contributed by atoms with Crippen LogP contribution >= 0.6 is 0 Å². The number of amides is 2. The summed E-state index contributed by atoms with van der Waals surface area (Å²) in [6.45, 7) is 6.02. The maximum Gasteiger partial charge on any atom is 0.319 e. The first-order valence-corrected chi connectivity index (χ1v) is 7.28. The number of carbonyl (C=O) groups is 2. The van der Waals surface area contributed by atoms with Crippen LogP contribution < -0.4 is 10.6 Å². The van der Waals surface area contributed by atoms with Gasteiger partial charge in [0.2, 0.25) is 0 Å². The van der Waals surface area contributed by atoms with Crippen LogP contribution in [0.25, 0.3) is 0 Å². The molecule has 0 fully saturated rings. The molecule has 1 rings (SSSR count). The predicted octanol–water partition coefficient (Wildman–Crippen LogP) is 3.57. The predicted molar refractivity (Wildman–Crippen MR) is 83.6 cm³/mol. The molecule has 0 heterocycles. The second-order valence-electron chi connectivity index (χ2n) is 5.53. The van der Waals surface area contributed by atoms with Crippen molar-refractivity contribution in [2.75, 3.05) is 5.32 Å². The Morgan fingerprint density at radius 1 is 1.19 bits per heavy atom. The molecular formula is C16H24N2O3. The third-order valence-electron chi connectivity index (χ3n) is 3.24. The Labute approximate surface area is 125 Å². The Bertz CT molecular complexity index is 486. The molecule has 0 spiro atoms. The van der Waals surface area contributed by atoms with Gasteiger partial charge in [0.1, 0.15) is 0 Å². The summed E-state index contributed by atoms with van der Waals surface area (Å²) in [5, 5.41) is 14.3. The van der Waals surface area contributed by atoms with Crippen molar-refractivity contribution in [1.29, 1.82) is 0 Å². The molecule has 2 amide bonds. The largest absolute Gasteiger partial charge is 0.481 e. The van der Waals surface area contributed by atoms with Crippen molar-refractivity contribution >= 4 is 17.7 Å². The molecule has 3 N–H and O–H groups in total. The summed E-state index contributed by atoms with van der Waals surface area (Å²) in [5.74, 6) is -0.480. The van der Waals surface area contributed by atoms with Gasteiger partial charge in [0.15, 0.2) is 0 Å². The fourth-order valence-corrected chi connectivity index (χ4v) is 2.13. The molecule has 1 aromatic rings. The summed E-state index contributed by atoms with van der Waals surface area (Å²) in [7, 11) is 0. The lowest BCUT2D eigenvalue weighted by Gasteiger charge is -2.17. The van der Waals surface area contributed by atoms with E-state index in [-0.39, 0.29) is 18.5 Å². The van der Waals surface area contributed by atoms with E-state index in [0.717, 1.165) is 11.3 Å². The molecule has 0 aliphatic carbocycles. The first kappa shape index (κ1) is 17.0. The molecular weight excluding hydrogens is 268 g/mol. The molecule has 0 aromatic heterocycles. The molecule has 0 saturated carbocycles. The summed E-state index contributed by atoms with van der Waals surface area (Å²) in [5.41, 5.74) is 1.90. The lowest BCUT2D eigenvalue weighted by atomic mass is 10.0. The van der Waals surface area contributed by atoms with Crippen molar-refractivity contribution < 1.29 is 14.7 Å². The van der Waals surface area contributed by atoms with Gasteiger partial charge in [-0.05, 0) is 37.3 Å². The van der Waals surface area contributed by atoms with Crippen molar-refractivity contribution in [1.82, 2.24) is 5.32 Å². The van der Waals surface area contributed by atoms with E-state index in [1.807, 2.05) is 31.2 Å². The van der Waals surface area contributed by atoms with Crippen molar-refractivity contribution in [3.63, 3.8) is 0 Å². The number of nitrogens with one attached hydrogen (secondary N) is 2. The molecule has 21 heavy (non-hydrogen) atoms. The molecule has 0 radical (unpaired) electrons. The number of rotatable bonds is 7. The Hall–Kier alpha value is -2.04. The molecule has 0 aliphatic heterocycles. The number of aliphatic carboxylic acids is 1. The summed E-state index contributed by atoms with van der Waals surface area (Å²) < 4.78 is 0. The van der Waals surface area contributed by atoms with Crippen LogP contribution in [0.5, 0.6) is 0 Å². The monoisotopic (exact) mass is 292 g/mol. The Kier molecular flexibility index (Phi) is 6.72. The third kappa shape index (κ3) is 6.29. The quantitative estimate of drug-likeness (QED) is 0.718. The van der Waals surface area contributed by atoms with Gasteiger partial charge in [-0.15, -0.1) is 0 Å². The van der Waals surface area contributed by atoms with Gasteiger partial charge in [0.05, 0.1) is 0 Å². The van der Waals surface area contributed by atoms with Crippen LogP contribution in [0, 0.1) is 0 Å². The molecule has 0 aliphatic rings. The molecule has 0 bridgehead atoms. The van der Waals surface area contributed by atoms with Crippen molar-refractivity contribution in [2.24, 2.45) is 0 Å². The zero-order chi connectivity index (χ0) is 15.8. The fourth-order valence-electron chi connectivity index (χ4n) is 2.13. The van der Waals surface area contributed by atoms with E-state index in [9.17, 15) is 9.59 Å². The summed E-state index contributed by atoms with van der Waals surface area (Å²) >= 11 is 0. The Balaban J connectivity index is 2.48. The average molecular weight is 292 g/mol. The van der Waals surface area contributed by atoms with Crippen LogP contribution in [0.2, 0.25) is 0 Å². The highest BCUT2D eigenvalue weighted by atomic mass is 16.4. The van der Waals surface area contributed by atoms with Gasteiger partial charge < -0.3 is 15.7 Å². The molecule has 116 valence electrons. The topological polar surface area (TPSA) is 78.4 Å². The number of carboxylic acids is 1. The minimum Gasteiger partial charge on any atom is -0.481 e. The van der Waals surface area contributed by atoms with Crippen LogP contribution in [0.3, 0.4) is 0 Å². The van der Waals surface area contributed by atoms with Crippen LogP contribution in [0.15, 0.2) is 24.3 Å². The number of urea groups is 1. The van der Waals surface area contributed by atoms with E-state index < -0.39 is 5.97 Å². The lowest BCUT2D eigenvalue weighted by Crippen LogP contribution is -2.36. The Morgan fingerprint density at radius 2 is 1.86 bits per heavy atom. The van der Waals surface area contributed by atoms with E-state index in [1.54, 1.807) is 0 Å². The number of anilines is 1. The normalized spacial score (nSPS) is 12.0. The average Bonchev–Trinajstić information content (AvgIpc) is 2.38. The second-order valence-corrected chi connectivity index (χ2v) is 5.53. The SMILES string of the molecule is CC(CCCC(=O)O)NC(=O)Nc1ccccc1C(C)C. The van der Waals surface area contributed by atoms with Crippen LogP contribution in [0.4, 0.5) is 10.5 Å². The van der Waals surface area contributed by atoms with E-state index >= 15 is 0 Å². The number of carboxylic acid groups (broad SMARTS) is 1. The van der Waals surface area contributed by atoms with E-state index in [4.69, 9.17) is 5.11 Å². The van der Waals surface area contributed by atoms with Crippen molar-refractivity contribution in [2.45, 2.75) is 52.0 Å². The van der Waals surface area contributed by atoms with Crippen molar-refractivity contribution in [3.8, 4) is 0 Å². The van der Waals surface area contributed by atoms with Gasteiger partial charge in [0, 0.05) is 18.2 Å². The van der Waals surface area contributed by atoms with Crippen LogP contribution in [-0.4, -0.2) is 23.1 Å². The highest BCUT2D eigenvalue weighted by Gasteiger charge is 2.11. The summed E-state index contributed by atoms with van der Waals surface area (Å²) in [4.78, 5) is 22.4. The van der Waals surface area contributed by atoms with Gasteiger partial charge in [-0.25, -0.2) is 4.79 Å². The summed E-state index contributed by atoms with van der Waals surface area (Å²) in [6.07, 6.45) is 1.33. The first-order valence-electron chi connectivity index (χ1n) is 7.28. The van der Waals surface area contributed by atoms with Gasteiger partial charge in [-0.1, -0.05) is 32.0 Å². The third-order valence-corrected chi connectivity index (χ3v) is 3.24. The van der Waals surface area contributed by atoms with Gasteiger partial charge in [0.25, 0.3) is 0 Å². The van der Waals surface area contributed by atoms with Gasteiger partial charge >= 0.3 is 12.0 Å². The minimum atomic E-state index is -0.808. The molecule has 1 aromatic carbocycles. The maximum atomic E-state index is 12.0. The molecule has 1 atom stereocenters. The molecule has 1 unspecified atom stereocenters. The number of benzene rings is 1. The first-order chi connectivity index (χ1) is 9.90. The van der Waals surface area contributed by atoms with E-state index in [2.05, 4.69) is 24.5 Å².